The van der Waals surface area contributed by atoms with E-state index in [0.29, 0.717) is 61.8 Å². The summed E-state index contributed by atoms with van der Waals surface area (Å²) in [5, 5.41) is 15.2. The maximum absolute atomic E-state index is 12.2. The van der Waals surface area contributed by atoms with Crippen LogP contribution in [0.1, 0.15) is 19.8 Å². The van der Waals surface area contributed by atoms with Gasteiger partial charge in [-0.3, -0.25) is 14.6 Å². The number of nitrogens with one attached hydrogen (secondary N) is 3. The van der Waals surface area contributed by atoms with Crippen molar-refractivity contribution in [3.8, 4) is 0 Å². The van der Waals surface area contributed by atoms with Crippen molar-refractivity contribution in [2.45, 2.75) is 19.8 Å². The third-order valence-electron chi connectivity index (χ3n) is 4.51. The van der Waals surface area contributed by atoms with Crippen LogP contribution in [-0.4, -0.2) is 71.7 Å². The summed E-state index contributed by atoms with van der Waals surface area (Å²) in [4.78, 5) is 24.0. The molecule has 0 bridgehead atoms. The van der Waals surface area contributed by atoms with Gasteiger partial charge in [-0.05, 0) is 24.6 Å². The smallest absolute Gasteiger partial charge is 0.245 e. The second-order valence-electron chi connectivity index (χ2n) is 7.19. The molecule has 9 nitrogen and oxygen atoms in total. The molecular formula is C20H28BCl2N5O4. The summed E-state index contributed by atoms with van der Waals surface area (Å²) in [6.45, 7) is 4.67. The molecule has 1 aliphatic heterocycles. The average molecular weight is 484 g/mol. The highest BCUT2D eigenvalue weighted by atomic mass is 35.5. The summed E-state index contributed by atoms with van der Waals surface area (Å²) in [6.07, 6.45) is 0.771. The SMILES string of the molecule is [B]NCCOCCOCC(=O)NCCCC(=O)NC1=NN(c2ccc(Cl)c(Cl)c2)CC1C. The van der Waals surface area contributed by atoms with Crippen molar-refractivity contribution in [3.63, 3.8) is 0 Å². The van der Waals surface area contributed by atoms with Gasteiger partial charge in [0.05, 0.1) is 42.1 Å². The number of amidine groups is 1. The molecule has 2 rings (SSSR count). The Hall–Kier alpha value is -1.85. The number of benzene rings is 1. The standard InChI is InChI=1S/C20H28BCl2N5O4/c1-14-12-28(15-4-5-16(22)17(23)11-15)27-20(14)26-18(29)3-2-6-24-19(30)13-32-10-9-31-8-7-25-21/h4-5,11,14,25H,2-3,6-10,12-13H2,1H3,(H,24,30)(H,26,27,29). The number of ether oxygens (including phenoxy) is 2. The molecule has 0 aromatic heterocycles. The van der Waals surface area contributed by atoms with E-state index in [-0.39, 0.29) is 30.8 Å². The second-order valence-corrected chi connectivity index (χ2v) is 8.00. The lowest BCUT2D eigenvalue weighted by Gasteiger charge is -2.14. The molecule has 174 valence electrons. The van der Waals surface area contributed by atoms with Crippen LogP contribution in [0.4, 0.5) is 5.69 Å². The summed E-state index contributed by atoms with van der Waals surface area (Å²) in [5.41, 5.74) is 0.805. The zero-order valence-electron chi connectivity index (χ0n) is 18.0. The Kier molecular flexibility index (Phi) is 11.8. The predicted molar refractivity (Wildman–Crippen MR) is 126 cm³/mol. The van der Waals surface area contributed by atoms with Crippen LogP contribution in [-0.2, 0) is 19.1 Å². The maximum atomic E-state index is 12.2. The van der Waals surface area contributed by atoms with Crippen molar-refractivity contribution in [1.82, 2.24) is 15.9 Å². The fourth-order valence-electron chi connectivity index (χ4n) is 2.82. The molecule has 32 heavy (non-hydrogen) atoms. The highest BCUT2D eigenvalue weighted by Crippen LogP contribution is 2.29. The van der Waals surface area contributed by atoms with E-state index in [4.69, 9.17) is 40.7 Å². The van der Waals surface area contributed by atoms with E-state index in [1.165, 1.54) is 0 Å². The lowest BCUT2D eigenvalue weighted by molar-refractivity contribution is -0.126. The Bertz CT molecular complexity index is 799. The van der Waals surface area contributed by atoms with Gasteiger partial charge in [-0.2, -0.15) is 5.10 Å². The van der Waals surface area contributed by atoms with Crippen LogP contribution in [0.3, 0.4) is 0 Å². The largest absolute Gasteiger partial charge is 0.378 e. The van der Waals surface area contributed by atoms with Gasteiger partial charge in [-0.25, -0.2) is 0 Å². The number of halogens is 2. The third-order valence-corrected chi connectivity index (χ3v) is 5.25. The Morgan fingerprint density at radius 1 is 1.16 bits per heavy atom. The Morgan fingerprint density at radius 2 is 1.94 bits per heavy atom. The predicted octanol–water partition coefficient (Wildman–Crippen LogP) is 1.48. The number of hydrogen-bond acceptors (Lipinski definition) is 7. The molecule has 2 radical (unpaired) electrons. The molecule has 3 N–H and O–H groups in total. The number of hydrazone groups is 1. The molecule has 0 aliphatic carbocycles. The molecular weight excluding hydrogens is 456 g/mol. The molecule has 0 saturated heterocycles. The van der Waals surface area contributed by atoms with Gasteiger partial charge in [0.15, 0.2) is 7.98 Å². The number of carbonyl (C=O) groups excluding carboxylic acids is 2. The van der Waals surface area contributed by atoms with Crippen LogP contribution in [0, 0.1) is 5.92 Å². The van der Waals surface area contributed by atoms with E-state index in [0.717, 1.165) is 5.69 Å². The summed E-state index contributed by atoms with van der Waals surface area (Å²) in [5.74, 6) is 0.269. The van der Waals surface area contributed by atoms with Gasteiger partial charge in [0.25, 0.3) is 0 Å². The lowest BCUT2D eigenvalue weighted by Crippen LogP contribution is -2.34. The first-order valence-electron chi connectivity index (χ1n) is 10.4. The van der Waals surface area contributed by atoms with E-state index < -0.39 is 0 Å². The quantitative estimate of drug-likeness (QED) is 0.290. The van der Waals surface area contributed by atoms with E-state index in [9.17, 15) is 9.59 Å². The van der Waals surface area contributed by atoms with E-state index in [1.807, 2.05) is 13.0 Å². The monoisotopic (exact) mass is 483 g/mol. The highest BCUT2D eigenvalue weighted by molar-refractivity contribution is 6.42. The molecule has 0 spiro atoms. The molecule has 1 aromatic carbocycles. The minimum absolute atomic E-state index is 0.0520. The van der Waals surface area contributed by atoms with Crippen molar-refractivity contribution < 1.29 is 19.1 Å². The lowest BCUT2D eigenvalue weighted by atomic mass is 10.1. The topological polar surface area (TPSA) is 104 Å². The molecule has 12 heteroatoms. The van der Waals surface area contributed by atoms with E-state index in [2.05, 4.69) is 21.0 Å². The minimum Gasteiger partial charge on any atom is -0.378 e. The normalized spacial score (nSPS) is 15.5. The molecule has 0 saturated carbocycles. The molecule has 1 heterocycles. The van der Waals surface area contributed by atoms with E-state index in [1.54, 1.807) is 17.1 Å². The van der Waals surface area contributed by atoms with Gasteiger partial charge in [0, 0.05) is 25.4 Å². The molecule has 2 amide bonds. The fourth-order valence-corrected chi connectivity index (χ4v) is 3.11. The number of hydrogen-bond donors (Lipinski definition) is 3. The van der Waals surface area contributed by atoms with Crippen LogP contribution < -0.4 is 20.9 Å². The van der Waals surface area contributed by atoms with Crippen LogP contribution in [0.25, 0.3) is 0 Å². The zero-order valence-corrected chi connectivity index (χ0v) is 19.5. The molecule has 1 unspecified atom stereocenters. The van der Waals surface area contributed by atoms with Crippen LogP contribution in [0.2, 0.25) is 10.0 Å². The van der Waals surface area contributed by atoms with Crippen molar-refractivity contribution >= 4 is 54.5 Å². The van der Waals surface area contributed by atoms with Crippen molar-refractivity contribution in [1.29, 1.82) is 0 Å². The summed E-state index contributed by atoms with van der Waals surface area (Å²) >= 11 is 12.0. The molecule has 1 aromatic rings. The Balaban J connectivity index is 1.61. The Morgan fingerprint density at radius 3 is 2.69 bits per heavy atom. The molecule has 0 fully saturated rings. The number of nitrogens with zero attached hydrogens (tertiary/aromatic N) is 2. The van der Waals surface area contributed by atoms with Crippen molar-refractivity contribution in [3.05, 3.63) is 28.2 Å². The third kappa shape index (κ3) is 9.34. The van der Waals surface area contributed by atoms with Crippen LogP contribution in [0.5, 0.6) is 0 Å². The van der Waals surface area contributed by atoms with Gasteiger partial charge < -0.3 is 25.3 Å². The van der Waals surface area contributed by atoms with Crippen LogP contribution in [0.15, 0.2) is 23.3 Å². The number of rotatable bonds is 13. The van der Waals surface area contributed by atoms with Crippen molar-refractivity contribution in [2.75, 3.05) is 51.1 Å². The van der Waals surface area contributed by atoms with Gasteiger partial charge in [-0.15, -0.1) is 0 Å². The second kappa shape index (κ2) is 14.3. The molecule has 1 aliphatic rings. The number of anilines is 1. The van der Waals surface area contributed by atoms with Gasteiger partial charge >= 0.3 is 0 Å². The van der Waals surface area contributed by atoms with Gasteiger partial charge in [0.1, 0.15) is 12.4 Å². The zero-order chi connectivity index (χ0) is 23.3. The van der Waals surface area contributed by atoms with Gasteiger partial charge in [-0.1, -0.05) is 30.1 Å². The van der Waals surface area contributed by atoms with Gasteiger partial charge in [0.2, 0.25) is 11.8 Å². The average Bonchev–Trinajstić information content (AvgIpc) is 3.12. The van der Waals surface area contributed by atoms with Crippen molar-refractivity contribution in [2.24, 2.45) is 11.0 Å². The first-order valence-corrected chi connectivity index (χ1v) is 11.1. The first kappa shape index (κ1) is 26.4. The summed E-state index contributed by atoms with van der Waals surface area (Å²) in [7, 11) is 5.11. The molecule has 1 atom stereocenters. The maximum Gasteiger partial charge on any atom is 0.245 e. The summed E-state index contributed by atoms with van der Waals surface area (Å²) in [6, 6.07) is 5.28. The Labute approximate surface area is 199 Å². The first-order chi connectivity index (χ1) is 15.4. The number of carbonyl (C=O) groups is 2. The minimum atomic E-state index is -0.236. The fraction of sp³-hybridized carbons (Fsp3) is 0.550. The summed E-state index contributed by atoms with van der Waals surface area (Å²) < 4.78 is 10.4. The number of amides is 2. The van der Waals surface area contributed by atoms with E-state index >= 15 is 0 Å². The highest BCUT2D eigenvalue weighted by Gasteiger charge is 2.25. The van der Waals surface area contributed by atoms with Crippen LogP contribution >= 0.6 is 23.2 Å².